The lowest BCUT2D eigenvalue weighted by Gasteiger charge is -2.19. The van der Waals surface area contributed by atoms with Gasteiger partial charge in [-0.05, 0) is 24.6 Å². The molecule has 1 aromatic carbocycles. The first kappa shape index (κ1) is 16.3. The third kappa shape index (κ3) is 3.60. The van der Waals surface area contributed by atoms with Crippen LogP contribution in [0, 0.1) is 5.82 Å². The molecule has 0 radical (unpaired) electrons. The van der Waals surface area contributed by atoms with E-state index in [9.17, 15) is 21.2 Å². The summed E-state index contributed by atoms with van der Waals surface area (Å²) in [5.74, 6) is -0.775. The van der Waals surface area contributed by atoms with E-state index in [1.807, 2.05) is 0 Å². The van der Waals surface area contributed by atoms with E-state index >= 15 is 0 Å². The number of sulfonamides is 1. The predicted molar refractivity (Wildman–Crippen MR) is 76.3 cm³/mol. The summed E-state index contributed by atoms with van der Waals surface area (Å²) in [7, 11) is -7.04. The van der Waals surface area contributed by atoms with Crippen LogP contribution in [0.25, 0.3) is 0 Å². The lowest BCUT2D eigenvalue weighted by molar-refractivity contribution is 0.434. The van der Waals surface area contributed by atoms with E-state index in [2.05, 4.69) is 0 Å². The van der Waals surface area contributed by atoms with Gasteiger partial charge in [-0.2, -0.15) is 4.31 Å². The average molecular weight is 336 g/mol. The topological polar surface area (TPSA) is 97.5 Å². The molecule has 9 heteroatoms. The molecule has 2 N–H and O–H groups in total. The minimum atomic E-state index is -3.84. The van der Waals surface area contributed by atoms with Crippen LogP contribution in [0.5, 0.6) is 0 Å². The number of sulfone groups is 1. The number of nitrogens with zero attached hydrogens (tertiary/aromatic N) is 1. The molecule has 0 aliphatic carbocycles. The molecule has 1 aromatic rings. The van der Waals surface area contributed by atoms with Crippen molar-refractivity contribution in [3.63, 3.8) is 0 Å². The van der Waals surface area contributed by atoms with Crippen molar-refractivity contribution in [3.8, 4) is 0 Å². The Balaban J connectivity index is 2.33. The second kappa shape index (κ2) is 5.99. The Kier molecular flexibility index (Phi) is 4.66. The van der Waals surface area contributed by atoms with E-state index in [-0.39, 0.29) is 48.0 Å². The van der Waals surface area contributed by atoms with Crippen LogP contribution in [0.2, 0.25) is 0 Å². The maximum Gasteiger partial charge on any atom is 0.243 e. The third-order valence-electron chi connectivity index (χ3n) is 3.39. The molecule has 1 saturated heterocycles. The highest BCUT2D eigenvalue weighted by molar-refractivity contribution is 7.91. The van der Waals surface area contributed by atoms with Crippen molar-refractivity contribution in [2.45, 2.75) is 17.9 Å². The van der Waals surface area contributed by atoms with Crippen molar-refractivity contribution in [1.82, 2.24) is 4.31 Å². The Morgan fingerprint density at radius 1 is 1.24 bits per heavy atom. The first-order valence-corrected chi connectivity index (χ1v) is 9.71. The predicted octanol–water partition coefficient (Wildman–Crippen LogP) is 0.0936. The Labute approximate surface area is 123 Å². The molecule has 21 heavy (non-hydrogen) atoms. The van der Waals surface area contributed by atoms with Crippen LogP contribution in [0.4, 0.5) is 4.39 Å². The second-order valence-corrected chi connectivity index (χ2v) is 9.11. The molecule has 1 aliphatic rings. The summed E-state index contributed by atoms with van der Waals surface area (Å²) in [5.41, 5.74) is 5.48. The van der Waals surface area contributed by atoms with Crippen molar-refractivity contribution in [2.75, 3.05) is 24.6 Å². The lowest BCUT2D eigenvalue weighted by Crippen LogP contribution is -2.33. The summed E-state index contributed by atoms with van der Waals surface area (Å²) in [5, 5.41) is 0. The maximum absolute atomic E-state index is 13.4. The molecule has 1 aliphatic heterocycles. The molecule has 6 nitrogen and oxygen atoms in total. The molecule has 0 bridgehead atoms. The van der Waals surface area contributed by atoms with E-state index in [1.165, 1.54) is 12.1 Å². The molecular weight excluding hydrogens is 319 g/mol. The first-order chi connectivity index (χ1) is 9.76. The summed E-state index contributed by atoms with van der Waals surface area (Å²) in [4.78, 5) is -0.0661. The van der Waals surface area contributed by atoms with Crippen molar-refractivity contribution >= 4 is 19.9 Å². The SMILES string of the molecule is NCc1cc(S(=O)(=O)N2CCCS(=O)(=O)CC2)ccc1F. The monoisotopic (exact) mass is 336 g/mol. The highest BCUT2D eigenvalue weighted by atomic mass is 32.2. The van der Waals surface area contributed by atoms with Crippen molar-refractivity contribution < 1.29 is 21.2 Å². The minimum Gasteiger partial charge on any atom is -0.326 e. The van der Waals surface area contributed by atoms with Crippen molar-refractivity contribution in [2.24, 2.45) is 5.73 Å². The molecule has 0 aromatic heterocycles. The summed E-state index contributed by atoms with van der Waals surface area (Å²) >= 11 is 0. The van der Waals surface area contributed by atoms with E-state index in [0.717, 1.165) is 10.4 Å². The molecule has 0 atom stereocenters. The van der Waals surface area contributed by atoms with Crippen molar-refractivity contribution in [1.29, 1.82) is 0 Å². The standard InChI is InChI=1S/C12H17FN2O4S2/c13-12-3-2-11(8-10(12)9-14)21(18,19)15-4-1-6-20(16,17)7-5-15/h2-3,8H,1,4-7,9,14H2. The fourth-order valence-electron chi connectivity index (χ4n) is 2.17. The third-order valence-corrected chi connectivity index (χ3v) is 7.00. The van der Waals surface area contributed by atoms with Gasteiger partial charge in [-0.15, -0.1) is 0 Å². The zero-order chi connectivity index (χ0) is 15.7. The lowest BCUT2D eigenvalue weighted by atomic mass is 10.2. The Hall–Kier alpha value is -1.03. The van der Waals surface area contributed by atoms with Gasteiger partial charge in [0.2, 0.25) is 10.0 Å². The smallest absolute Gasteiger partial charge is 0.243 e. The van der Waals surface area contributed by atoms with Crippen LogP contribution in [0.15, 0.2) is 23.1 Å². The average Bonchev–Trinajstić information content (AvgIpc) is 2.60. The Morgan fingerprint density at radius 2 is 1.95 bits per heavy atom. The molecule has 2 rings (SSSR count). The van der Waals surface area contributed by atoms with E-state index in [1.54, 1.807) is 0 Å². The number of benzene rings is 1. The zero-order valence-electron chi connectivity index (χ0n) is 11.3. The fourth-order valence-corrected chi connectivity index (χ4v) is 5.09. The van der Waals surface area contributed by atoms with E-state index in [0.29, 0.717) is 0 Å². The van der Waals surface area contributed by atoms with E-state index in [4.69, 9.17) is 5.73 Å². The highest BCUT2D eigenvalue weighted by Crippen LogP contribution is 2.20. The van der Waals surface area contributed by atoms with Crippen LogP contribution >= 0.6 is 0 Å². The normalized spacial score (nSPS) is 20.1. The summed E-state index contributed by atoms with van der Waals surface area (Å²) in [6.45, 7) is -0.0551. The number of rotatable bonds is 3. The molecule has 0 saturated carbocycles. The van der Waals surface area contributed by atoms with Gasteiger partial charge in [-0.3, -0.25) is 0 Å². The summed E-state index contributed by atoms with van der Waals surface area (Å²) in [6.07, 6.45) is 0.256. The molecule has 0 unspecified atom stereocenters. The molecule has 118 valence electrons. The Bertz CT molecular complexity index is 732. The van der Waals surface area contributed by atoms with Crippen molar-refractivity contribution in [3.05, 3.63) is 29.6 Å². The molecule has 0 amide bonds. The van der Waals surface area contributed by atoms with Crippen LogP contribution in [-0.2, 0) is 26.4 Å². The highest BCUT2D eigenvalue weighted by Gasteiger charge is 2.29. The fraction of sp³-hybridized carbons (Fsp3) is 0.500. The number of halogens is 1. The second-order valence-electron chi connectivity index (χ2n) is 4.87. The summed E-state index contributed by atoms with van der Waals surface area (Å²) < 4.78 is 62.6. The van der Waals surface area contributed by atoms with Gasteiger partial charge in [0.1, 0.15) is 5.82 Å². The first-order valence-electron chi connectivity index (χ1n) is 6.45. The van der Waals surface area contributed by atoms with Gasteiger partial charge in [-0.25, -0.2) is 21.2 Å². The van der Waals surface area contributed by atoms with Crippen LogP contribution in [0.1, 0.15) is 12.0 Å². The largest absolute Gasteiger partial charge is 0.326 e. The van der Waals surface area contributed by atoms with Gasteiger partial charge in [0.05, 0.1) is 16.4 Å². The van der Waals surface area contributed by atoms with Crippen LogP contribution < -0.4 is 5.73 Å². The number of nitrogens with two attached hydrogens (primary N) is 1. The Morgan fingerprint density at radius 3 is 2.62 bits per heavy atom. The van der Waals surface area contributed by atoms with Gasteiger partial charge in [0.15, 0.2) is 9.84 Å². The van der Waals surface area contributed by atoms with E-state index < -0.39 is 25.7 Å². The maximum atomic E-state index is 13.4. The number of hydrogen-bond acceptors (Lipinski definition) is 5. The molecule has 1 heterocycles. The summed E-state index contributed by atoms with van der Waals surface area (Å²) in [6, 6.07) is 3.43. The van der Waals surface area contributed by atoms with Gasteiger partial charge < -0.3 is 5.73 Å². The van der Waals surface area contributed by atoms with Crippen LogP contribution in [0.3, 0.4) is 0 Å². The van der Waals surface area contributed by atoms with Gasteiger partial charge in [0.25, 0.3) is 0 Å². The molecule has 1 fully saturated rings. The van der Waals surface area contributed by atoms with Gasteiger partial charge in [0, 0.05) is 25.2 Å². The number of hydrogen-bond donors (Lipinski definition) is 1. The van der Waals surface area contributed by atoms with Gasteiger partial charge in [-0.1, -0.05) is 0 Å². The zero-order valence-corrected chi connectivity index (χ0v) is 13.0. The minimum absolute atomic E-state index is 0.0174. The van der Waals surface area contributed by atoms with Gasteiger partial charge >= 0.3 is 0 Å². The van der Waals surface area contributed by atoms with Crippen LogP contribution in [-0.4, -0.2) is 45.7 Å². The quantitative estimate of drug-likeness (QED) is 0.844. The molecule has 0 spiro atoms. The molecular formula is C12H17FN2O4S2.